The van der Waals surface area contributed by atoms with Crippen LogP contribution < -0.4 is 15.5 Å². The molecule has 9 heteroatoms. The summed E-state index contributed by atoms with van der Waals surface area (Å²) in [7, 11) is 4.04. The zero-order chi connectivity index (χ0) is 21.3. The van der Waals surface area contributed by atoms with Gasteiger partial charge in [-0.05, 0) is 57.6 Å². The molecule has 2 heterocycles. The third-order valence-corrected chi connectivity index (χ3v) is 5.46. The highest BCUT2D eigenvalue weighted by Gasteiger charge is 2.18. The van der Waals surface area contributed by atoms with Gasteiger partial charge >= 0.3 is 6.03 Å². The Balaban J connectivity index is 1.63. The third kappa shape index (κ3) is 6.32. The number of aromatic nitrogens is 2. The molecule has 0 bridgehead atoms. The van der Waals surface area contributed by atoms with Crippen molar-refractivity contribution in [3.05, 3.63) is 30.5 Å². The van der Waals surface area contributed by atoms with E-state index in [-0.39, 0.29) is 6.03 Å². The lowest BCUT2D eigenvalue weighted by Crippen LogP contribution is -2.37. The molecule has 1 aromatic heterocycles. The number of nitrogens with zero attached hydrogens (tertiary/aromatic N) is 4. The Morgan fingerprint density at radius 1 is 1.23 bits per heavy atom. The molecule has 0 atom stereocenters. The molecule has 2 N–H and O–H groups in total. The van der Waals surface area contributed by atoms with E-state index in [1.54, 1.807) is 11.8 Å². The van der Waals surface area contributed by atoms with Crippen LogP contribution in [0.4, 0.5) is 16.3 Å². The van der Waals surface area contributed by atoms with E-state index in [1.165, 1.54) is 0 Å². The number of carbonyl (C=O) groups excluding carboxylic acids is 1. The number of hydrogen-bond donors (Lipinski definition) is 2. The molecule has 2 amide bonds. The minimum absolute atomic E-state index is 0.198. The Morgan fingerprint density at radius 2 is 1.97 bits per heavy atom. The molecule has 1 aliphatic heterocycles. The van der Waals surface area contributed by atoms with E-state index in [9.17, 15) is 4.79 Å². The standard InChI is InChI=1S/C21H30N6O2S/c1-26(2)10-4-9-22-21(28)24-17-7-5-16(6-8-17)19-23-15-18(30-3)20(25-19)27-11-13-29-14-12-27/h5-8,15H,4,9-14H2,1-3H3,(H2,22,24,28). The van der Waals surface area contributed by atoms with Crippen LogP contribution in [0.15, 0.2) is 35.4 Å². The molecule has 0 saturated carbocycles. The molecule has 2 aromatic rings. The van der Waals surface area contributed by atoms with E-state index in [2.05, 4.69) is 25.4 Å². The van der Waals surface area contributed by atoms with Crippen molar-refractivity contribution in [2.24, 2.45) is 0 Å². The smallest absolute Gasteiger partial charge is 0.319 e. The van der Waals surface area contributed by atoms with Gasteiger partial charge < -0.3 is 25.2 Å². The summed E-state index contributed by atoms with van der Waals surface area (Å²) >= 11 is 1.65. The predicted molar refractivity (Wildman–Crippen MR) is 122 cm³/mol. The molecule has 3 rings (SSSR count). The van der Waals surface area contributed by atoms with Gasteiger partial charge in [-0.2, -0.15) is 0 Å². The molecule has 0 radical (unpaired) electrons. The summed E-state index contributed by atoms with van der Waals surface area (Å²) in [6.45, 7) is 4.67. The zero-order valence-electron chi connectivity index (χ0n) is 17.9. The van der Waals surface area contributed by atoms with Crippen molar-refractivity contribution in [2.45, 2.75) is 11.3 Å². The second-order valence-electron chi connectivity index (χ2n) is 7.30. The summed E-state index contributed by atoms with van der Waals surface area (Å²) in [6.07, 6.45) is 4.83. The minimum Gasteiger partial charge on any atom is -0.378 e. The number of rotatable bonds is 8. The number of thioether (sulfide) groups is 1. The van der Waals surface area contributed by atoms with E-state index in [1.807, 2.05) is 50.8 Å². The van der Waals surface area contributed by atoms with Crippen LogP contribution in [0.3, 0.4) is 0 Å². The predicted octanol–water partition coefficient (Wildman–Crippen LogP) is 2.78. The Morgan fingerprint density at radius 3 is 2.63 bits per heavy atom. The number of amides is 2. The van der Waals surface area contributed by atoms with Crippen molar-refractivity contribution in [3.8, 4) is 11.4 Å². The van der Waals surface area contributed by atoms with Crippen LogP contribution in [0.2, 0.25) is 0 Å². The second-order valence-corrected chi connectivity index (χ2v) is 8.15. The number of urea groups is 1. The lowest BCUT2D eigenvalue weighted by molar-refractivity contribution is 0.122. The lowest BCUT2D eigenvalue weighted by Gasteiger charge is -2.29. The summed E-state index contributed by atoms with van der Waals surface area (Å²) in [4.78, 5) is 26.8. The molecule has 1 saturated heterocycles. The summed E-state index contributed by atoms with van der Waals surface area (Å²) in [5, 5.41) is 5.73. The van der Waals surface area contributed by atoms with Crippen molar-refractivity contribution in [1.29, 1.82) is 0 Å². The number of hydrogen-bond acceptors (Lipinski definition) is 7. The topological polar surface area (TPSA) is 82.6 Å². The monoisotopic (exact) mass is 430 g/mol. The van der Waals surface area contributed by atoms with Crippen LogP contribution in [0.1, 0.15) is 6.42 Å². The summed E-state index contributed by atoms with van der Waals surface area (Å²) in [5.74, 6) is 1.63. The molecular weight excluding hydrogens is 400 g/mol. The third-order valence-electron chi connectivity index (χ3n) is 4.74. The van der Waals surface area contributed by atoms with Crippen molar-refractivity contribution in [2.75, 3.05) is 70.0 Å². The van der Waals surface area contributed by atoms with Gasteiger partial charge in [0.15, 0.2) is 5.82 Å². The summed E-state index contributed by atoms with van der Waals surface area (Å²) < 4.78 is 5.46. The van der Waals surface area contributed by atoms with Crippen LogP contribution in [-0.4, -0.2) is 80.6 Å². The van der Waals surface area contributed by atoms with Gasteiger partial charge in [-0.15, -0.1) is 11.8 Å². The van der Waals surface area contributed by atoms with Crippen molar-refractivity contribution in [3.63, 3.8) is 0 Å². The van der Waals surface area contributed by atoms with Gasteiger partial charge in [0.2, 0.25) is 0 Å². The number of morpholine rings is 1. The quantitative estimate of drug-likeness (QED) is 0.492. The van der Waals surface area contributed by atoms with Crippen LogP contribution in [0.25, 0.3) is 11.4 Å². The molecular formula is C21H30N6O2S. The molecule has 1 fully saturated rings. The molecule has 30 heavy (non-hydrogen) atoms. The molecule has 0 unspecified atom stereocenters. The van der Waals surface area contributed by atoms with Crippen molar-refractivity contribution < 1.29 is 9.53 Å². The SMILES string of the molecule is CSc1cnc(-c2ccc(NC(=O)NCCCN(C)C)cc2)nc1N1CCOCC1. The van der Waals surface area contributed by atoms with Gasteiger partial charge in [0, 0.05) is 37.1 Å². The van der Waals surface area contributed by atoms with Crippen molar-refractivity contribution >= 4 is 29.3 Å². The van der Waals surface area contributed by atoms with Crippen LogP contribution in [0.5, 0.6) is 0 Å². The van der Waals surface area contributed by atoms with E-state index in [0.717, 1.165) is 48.0 Å². The van der Waals surface area contributed by atoms with E-state index in [0.29, 0.717) is 25.6 Å². The largest absolute Gasteiger partial charge is 0.378 e. The number of anilines is 2. The first kappa shape index (κ1) is 22.3. The molecule has 1 aromatic carbocycles. The number of ether oxygens (including phenoxy) is 1. The average molecular weight is 431 g/mol. The van der Waals surface area contributed by atoms with Crippen LogP contribution >= 0.6 is 11.8 Å². The summed E-state index contributed by atoms with van der Waals surface area (Å²) in [6, 6.07) is 7.40. The first-order valence-electron chi connectivity index (χ1n) is 10.1. The fourth-order valence-electron chi connectivity index (χ4n) is 3.12. The Kier molecular flexibility index (Phi) is 8.30. The number of nitrogens with one attached hydrogen (secondary N) is 2. The minimum atomic E-state index is -0.198. The first-order valence-corrected chi connectivity index (χ1v) is 11.3. The van der Waals surface area contributed by atoms with Gasteiger partial charge in [0.1, 0.15) is 5.82 Å². The molecule has 162 valence electrons. The van der Waals surface area contributed by atoms with Crippen LogP contribution in [0, 0.1) is 0 Å². The van der Waals surface area contributed by atoms with Crippen LogP contribution in [-0.2, 0) is 4.74 Å². The zero-order valence-corrected chi connectivity index (χ0v) is 18.7. The second kappa shape index (κ2) is 11.1. The fraction of sp³-hybridized carbons (Fsp3) is 0.476. The van der Waals surface area contributed by atoms with E-state index in [4.69, 9.17) is 9.72 Å². The van der Waals surface area contributed by atoms with Gasteiger partial charge in [-0.25, -0.2) is 14.8 Å². The van der Waals surface area contributed by atoms with E-state index >= 15 is 0 Å². The van der Waals surface area contributed by atoms with Gasteiger partial charge in [0.25, 0.3) is 0 Å². The van der Waals surface area contributed by atoms with Gasteiger partial charge in [-0.3, -0.25) is 0 Å². The van der Waals surface area contributed by atoms with Gasteiger partial charge in [-0.1, -0.05) is 0 Å². The van der Waals surface area contributed by atoms with Gasteiger partial charge in [0.05, 0.1) is 18.1 Å². The molecule has 8 nitrogen and oxygen atoms in total. The average Bonchev–Trinajstić information content (AvgIpc) is 2.77. The Hall–Kier alpha value is -2.36. The maximum Gasteiger partial charge on any atom is 0.319 e. The summed E-state index contributed by atoms with van der Waals surface area (Å²) in [5.41, 5.74) is 1.65. The molecule has 0 aliphatic carbocycles. The lowest BCUT2D eigenvalue weighted by atomic mass is 10.2. The first-order chi connectivity index (χ1) is 14.6. The van der Waals surface area contributed by atoms with Crippen molar-refractivity contribution in [1.82, 2.24) is 20.2 Å². The fourth-order valence-corrected chi connectivity index (χ4v) is 3.64. The number of benzene rings is 1. The molecule has 1 aliphatic rings. The Bertz CT molecular complexity index is 825. The highest BCUT2D eigenvalue weighted by Crippen LogP contribution is 2.29. The highest BCUT2D eigenvalue weighted by atomic mass is 32.2. The normalized spacial score (nSPS) is 14.1. The molecule has 0 spiro atoms. The maximum absolute atomic E-state index is 12.0. The maximum atomic E-state index is 12.0. The number of carbonyl (C=O) groups is 1. The van der Waals surface area contributed by atoms with E-state index < -0.39 is 0 Å². The Labute approximate surface area is 182 Å². The highest BCUT2D eigenvalue weighted by molar-refractivity contribution is 7.98.